The molecule has 0 aliphatic rings. The fraction of sp³-hybridized carbons (Fsp3) is 0.333. The van der Waals surface area contributed by atoms with Gasteiger partial charge in [0.25, 0.3) is 5.88 Å². The standard InChI is InChI=1S/C15H17ClN2O2/c1-9(2)11-6-5-10(3)12(7-11)20-15-13(19-4)14(16)17-8-18-15/h5-9H,1-4H3. The first-order valence-electron chi connectivity index (χ1n) is 6.35. The predicted octanol–water partition coefficient (Wildman–Crippen LogP) is 4.36. The van der Waals surface area contributed by atoms with Crippen LogP contribution in [0.3, 0.4) is 0 Å². The molecule has 0 bridgehead atoms. The summed E-state index contributed by atoms with van der Waals surface area (Å²) in [5.74, 6) is 1.82. The van der Waals surface area contributed by atoms with Gasteiger partial charge in [0.05, 0.1) is 7.11 Å². The first-order chi connectivity index (χ1) is 9.52. The summed E-state index contributed by atoms with van der Waals surface area (Å²) in [6.07, 6.45) is 1.35. The Labute approximate surface area is 123 Å². The van der Waals surface area contributed by atoms with Crippen LogP contribution in [0.4, 0.5) is 0 Å². The molecule has 0 N–H and O–H groups in total. The largest absolute Gasteiger partial charge is 0.489 e. The first kappa shape index (κ1) is 14.6. The van der Waals surface area contributed by atoms with E-state index in [0.29, 0.717) is 17.5 Å². The molecule has 1 aromatic carbocycles. The Morgan fingerprint density at radius 2 is 1.95 bits per heavy atom. The van der Waals surface area contributed by atoms with Crippen molar-refractivity contribution in [3.8, 4) is 17.4 Å². The van der Waals surface area contributed by atoms with Crippen molar-refractivity contribution >= 4 is 11.6 Å². The van der Waals surface area contributed by atoms with Crippen LogP contribution in [0.5, 0.6) is 17.4 Å². The molecule has 0 fully saturated rings. The summed E-state index contributed by atoms with van der Waals surface area (Å²) in [7, 11) is 1.51. The summed E-state index contributed by atoms with van der Waals surface area (Å²) in [6, 6.07) is 6.13. The Morgan fingerprint density at radius 3 is 2.60 bits per heavy atom. The molecule has 4 nitrogen and oxygen atoms in total. The zero-order chi connectivity index (χ0) is 14.7. The van der Waals surface area contributed by atoms with Crippen LogP contribution < -0.4 is 9.47 Å². The van der Waals surface area contributed by atoms with Gasteiger partial charge in [-0.25, -0.2) is 4.98 Å². The first-order valence-corrected chi connectivity index (χ1v) is 6.73. The van der Waals surface area contributed by atoms with Gasteiger partial charge in [0, 0.05) is 0 Å². The lowest BCUT2D eigenvalue weighted by Gasteiger charge is -2.13. The third-order valence-corrected chi connectivity index (χ3v) is 3.29. The monoisotopic (exact) mass is 292 g/mol. The van der Waals surface area contributed by atoms with Crippen LogP contribution >= 0.6 is 11.6 Å². The fourth-order valence-corrected chi connectivity index (χ4v) is 1.97. The van der Waals surface area contributed by atoms with Crippen molar-refractivity contribution in [3.63, 3.8) is 0 Å². The van der Waals surface area contributed by atoms with E-state index in [1.165, 1.54) is 19.0 Å². The maximum Gasteiger partial charge on any atom is 0.267 e. The number of ether oxygens (including phenoxy) is 2. The number of hydrogen-bond donors (Lipinski definition) is 0. The maximum absolute atomic E-state index is 5.96. The molecular weight excluding hydrogens is 276 g/mol. The molecule has 0 aliphatic heterocycles. The van der Waals surface area contributed by atoms with Crippen molar-refractivity contribution < 1.29 is 9.47 Å². The minimum atomic E-state index is 0.232. The highest BCUT2D eigenvalue weighted by Gasteiger charge is 2.14. The predicted molar refractivity (Wildman–Crippen MR) is 78.9 cm³/mol. The van der Waals surface area contributed by atoms with Gasteiger partial charge in [-0.2, -0.15) is 4.98 Å². The normalized spacial score (nSPS) is 10.7. The highest BCUT2D eigenvalue weighted by atomic mass is 35.5. The summed E-state index contributed by atoms with van der Waals surface area (Å²) in [6.45, 7) is 6.25. The molecule has 0 aliphatic carbocycles. The average Bonchev–Trinajstić information content (AvgIpc) is 2.41. The molecule has 0 radical (unpaired) electrons. The number of rotatable bonds is 4. The van der Waals surface area contributed by atoms with E-state index in [4.69, 9.17) is 21.1 Å². The van der Waals surface area contributed by atoms with Crippen LogP contribution in [0.25, 0.3) is 0 Å². The number of halogens is 1. The molecule has 1 aromatic heterocycles. The molecular formula is C15H17ClN2O2. The second kappa shape index (κ2) is 6.09. The third kappa shape index (κ3) is 3.02. The van der Waals surface area contributed by atoms with E-state index in [2.05, 4.69) is 29.9 Å². The van der Waals surface area contributed by atoms with Crippen LogP contribution in [0, 0.1) is 6.92 Å². The van der Waals surface area contributed by atoms with E-state index in [1.54, 1.807) is 0 Å². The van der Waals surface area contributed by atoms with Crippen molar-refractivity contribution in [2.45, 2.75) is 26.7 Å². The van der Waals surface area contributed by atoms with E-state index in [9.17, 15) is 0 Å². The van der Waals surface area contributed by atoms with Crippen LogP contribution in [0.1, 0.15) is 30.9 Å². The number of benzene rings is 1. The van der Waals surface area contributed by atoms with Crippen molar-refractivity contribution in [1.82, 2.24) is 9.97 Å². The van der Waals surface area contributed by atoms with Crippen LogP contribution in [-0.2, 0) is 0 Å². The smallest absolute Gasteiger partial charge is 0.267 e. The number of hydrogen-bond acceptors (Lipinski definition) is 4. The van der Waals surface area contributed by atoms with Crippen molar-refractivity contribution in [2.24, 2.45) is 0 Å². The molecule has 1 heterocycles. The molecule has 0 unspecified atom stereocenters. The molecule has 0 atom stereocenters. The second-order valence-electron chi connectivity index (χ2n) is 4.78. The van der Waals surface area contributed by atoms with Gasteiger partial charge in [-0.05, 0) is 30.0 Å². The Balaban J connectivity index is 2.39. The van der Waals surface area contributed by atoms with Crippen molar-refractivity contribution in [3.05, 3.63) is 40.8 Å². The number of aromatic nitrogens is 2. The molecule has 0 spiro atoms. The molecule has 0 saturated heterocycles. The molecule has 0 amide bonds. The van der Waals surface area contributed by atoms with Crippen molar-refractivity contribution in [1.29, 1.82) is 0 Å². The van der Waals surface area contributed by atoms with E-state index in [1.807, 2.05) is 19.1 Å². The highest BCUT2D eigenvalue weighted by Crippen LogP contribution is 2.35. The van der Waals surface area contributed by atoms with Gasteiger partial charge in [-0.15, -0.1) is 0 Å². The lowest BCUT2D eigenvalue weighted by Crippen LogP contribution is -1.98. The second-order valence-corrected chi connectivity index (χ2v) is 5.14. The lowest BCUT2D eigenvalue weighted by molar-refractivity contribution is 0.366. The minimum Gasteiger partial charge on any atom is -0.489 e. The highest BCUT2D eigenvalue weighted by molar-refractivity contribution is 6.31. The van der Waals surface area contributed by atoms with E-state index in [0.717, 1.165) is 11.3 Å². The number of nitrogens with zero attached hydrogens (tertiary/aromatic N) is 2. The fourth-order valence-electron chi connectivity index (χ4n) is 1.77. The Bertz CT molecular complexity index is 615. The van der Waals surface area contributed by atoms with Gasteiger partial charge < -0.3 is 9.47 Å². The number of methoxy groups -OCH3 is 1. The van der Waals surface area contributed by atoms with Crippen LogP contribution in [-0.4, -0.2) is 17.1 Å². The summed E-state index contributed by atoms with van der Waals surface area (Å²) in [5, 5.41) is 0.232. The van der Waals surface area contributed by atoms with Gasteiger partial charge in [-0.1, -0.05) is 37.6 Å². The minimum absolute atomic E-state index is 0.232. The molecule has 5 heteroatoms. The van der Waals surface area contributed by atoms with E-state index >= 15 is 0 Å². The van der Waals surface area contributed by atoms with Gasteiger partial charge >= 0.3 is 0 Å². The van der Waals surface area contributed by atoms with Crippen molar-refractivity contribution in [2.75, 3.05) is 7.11 Å². The summed E-state index contributed by atoms with van der Waals surface area (Å²) in [4.78, 5) is 7.95. The topological polar surface area (TPSA) is 44.2 Å². The van der Waals surface area contributed by atoms with Gasteiger partial charge in [0.1, 0.15) is 12.1 Å². The van der Waals surface area contributed by atoms with E-state index < -0.39 is 0 Å². The Kier molecular flexibility index (Phi) is 4.45. The third-order valence-electron chi connectivity index (χ3n) is 3.02. The summed E-state index contributed by atoms with van der Waals surface area (Å²) >= 11 is 5.96. The van der Waals surface area contributed by atoms with Gasteiger partial charge in [0.15, 0.2) is 5.15 Å². The summed E-state index contributed by atoms with van der Waals surface area (Å²) < 4.78 is 11.0. The van der Waals surface area contributed by atoms with Gasteiger partial charge in [-0.3, -0.25) is 0 Å². The van der Waals surface area contributed by atoms with Crippen LogP contribution in [0.2, 0.25) is 5.15 Å². The number of aryl methyl sites for hydroxylation is 1. The maximum atomic E-state index is 5.96. The molecule has 2 rings (SSSR count). The zero-order valence-corrected chi connectivity index (χ0v) is 12.7. The SMILES string of the molecule is COc1c(Cl)ncnc1Oc1cc(C(C)C)ccc1C. The van der Waals surface area contributed by atoms with Crippen LogP contribution in [0.15, 0.2) is 24.5 Å². The summed E-state index contributed by atoms with van der Waals surface area (Å²) in [5.41, 5.74) is 2.22. The molecule has 0 saturated carbocycles. The van der Waals surface area contributed by atoms with E-state index in [-0.39, 0.29) is 5.15 Å². The zero-order valence-electron chi connectivity index (χ0n) is 12.0. The Morgan fingerprint density at radius 1 is 1.20 bits per heavy atom. The Hall–Kier alpha value is -1.81. The average molecular weight is 293 g/mol. The quantitative estimate of drug-likeness (QED) is 0.785. The van der Waals surface area contributed by atoms with Gasteiger partial charge in [0.2, 0.25) is 5.75 Å². The lowest BCUT2D eigenvalue weighted by atomic mass is 10.0. The molecule has 20 heavy (non-hydrogen) atoms. The molecule has 106 valence electrons. The molecule has 2 aromatic rings.